The molecule has 1 amide bonds. The highest BCUT2D eigenvalue weighted by atomic mass is 32.2. The van der Waals surface area contributed by atoms with Crippen LogP contribution in [0.5, 0.6) is 11.5 Å². The number of piperidine rings is 1. The van der Waals surface area contributed by atoms with Crippen molar-refractivity contribution in [3.63, 3.8) is 0 Å². The van der Waals surface area contributed by atoms with Gasteiger partial charge in [0.05, 0.1) is 0 Å². The zero-order valence-electron chi connectivity index (χ0n) is 16.5. The zero-order valence-corrected chi connectivity index (χ0v) is 18.1. The maximum atomic E-state index is 12.9. The molecule has 0 bridgehead atoms. The first kappa shape index (κ1) is 20.9. The van der Waals surface area contributed by atoms with Gasteiger partial charge in [-0.05, 0) is 54.5 Å². The van der Waals surface area contributed by atoms with Gasteiger partial charge in [0.1, 0.15) is 4.21 Å². The summed E-state index contributed by atoms with van der Waals surface area (Å²) >= 11 is 1.24. The summed E-state index contributed by atoms with van der Waals surface area (Å²) in [4.78, 5) is 12.2. The lowest BCUT2D eigenvalue weighted by Crippen LogP contribution is -2.44. The summed E-state index contributed by atoms with van der Waals surface area (Å²) in [7, 11) is -3.47. The van der Waals surface area contributed by atoms with Crippen LogP contribution in [0.3, 0.4) is 0 Å². The van der Waals surface area contributed by atoms with Crippen LogP contribution in [0.15, 0.2) is 46.0 Å². The Balaban J connectivity index is 1.31. The number of carbonyl (C=O) groups excluding carboxylic acids is 1. The number of sulfonamides is 1. The molecule has 3 heterocycles. The Hall–Kier alpha value is -2.36. The molecule has 1 aromatic carbocycles. The number of ether oxygens (including phenoxy) is 2. The third kappa shape index (κ3) is 4.69. The van der Waals surface area contributed by atoms with E-state index in [1.165, 1.54) is 17.4 Å². The molecule has 2 aliphatic heterocycles. The lowest BCUT2D eigenvalue weighted by molar-refractivity contribution is -0.116. The molecular weight excluding hydrogens is 424 g/mol. The molecule has 1 saturated heterocycles. The van der Waals surface area contributed by atoms with Crippen molar-refractivity contribution in [1.82, 2.24) is 9.62 Å². The molecule has 1 N–H and O–H groups in total. The molecule has 1 unspecified atom stereocenters. The Kier molecular flexibility index (Phi) is 6.40. The van der Waals surface area contributed by atoms with Crippen LogP contribution < -0.4 is 14.8 Å². The van der Waals surface area contributed by atoms with E-state index in [2.05, 4.69) is 5.32 Å². The minimum atomic E-state index is -3.47. The standard InChI is InChI=1S/C21H24N2O5S2/c24-20(9-7-16-6-8-18-19(14-16)28-15-27-18)22-11-10-17-4-1-2-12-23(17)30(25,26)21-5-3-13-29-21/h3,5-9,13-14,17H,1-2,4,10-12,15H2,(H,22,24). The summed E-state index contributed by atoms with van der Waals surface area (Å²) in [5, 5.41) is 4.64. The van der Waals surface area contributed by atoms with Crippen LogP contribution in [0.1, 0.15) is 31.2 Å². The van der Waals surface area contributed by atoms with Crippen molar-refractivity contribution in [2.24, 2.45) is 0 Å². The molecule has 30 heavy (non-hydrogen) atoms. The van der Waals surface area contributed by atoms with Crippen LogP contribution in [0.2, 0.25) is 0 Å². The average molecular weight is 449 g/mol. The number of nitrogens with one attached hydrogen (secondary N) is 1. The molecule has 0 aliphatic carbocycles. The van der Waals surface area contributed by atoms with E-state index in [-0.39, 0.29) is 18.7 Å². The lowest BCUT2D eigenvalue weighted by Gasteiger charge is -2.34. The molecule has 0 radical (unpaired) electrons. The summed E-state index contributed by atoms with van der Waals surface area (Å²) in [5.74, 6) is 1.16. The summed E-state index contributed by atoms with van der Waals surface area (Å²) in [6.07, 6.45) is 6.45. The molecule has 7 nitrogen and oxygen atoms in total. The van der Waals surface area contributed by atoms with Crippen molar-refractivity contribution in [3.8, 4) is 11.5 Å². The number of nitrogens with zero attached hydrogens (tertiary/aromatic N) is 1. The van der Waals surface area contributed by atoms with E-state index in [0.29, 0.717) is 35.2 Å². The number of thiophene rings is 1. The Morgan fingerprint density at radius 1 is 1.23 bits per heavy atom. The Labute approximate surface area is 180 Å². The number of benzene rings is 1. The minimum Gasteiger partial charge on any atom is -0.454 e. The monoisotopic (exact) mass is 448 g/mol. The van der Waals surface area contributed by atoms with E-state index < -0.39 is 10.0 Å². The van der Waals surface area contributed by atoms with Gasteiger partial charge in [-0.25, -0.2) is 8.42 Å². The molecule has 1 aromatic heterocycles. The molecule has 0 spiro atoms. The van der Waals surface area contributed by atoms with Crippen LogP contribution >= 0.6 is 11.3 Å². The smallest absolute Gasteiger partial charge is 0.252 e. The maximum absolute atomic E-state index is 12.9. The van der Waals surface area contributed by atoms with Crippen LogP contribution in [0, 0.1) is 0 Å². The Morgan fingerprint density at radius 2 is 2.10 bits per heavy atom. The number of amides is 1. The minimum absolute atomic E-state index is 0.0935. The molecule has 2 aliphatic rings. The van der Waals surface area contributed by atoms with Crippen molar-refractivity contribution in [2.75, 3.05) is 19.9 Å². The summed E-state index contributed by atoms with van der Waals surface area (Å²) < 4.78 is 38.4. The van der Waals surface area contributed by atoms with Gasteiger partial charge in [-0.3, -0.25) is 4.79 Å². The molecule has 1 atom stereocenters. The van der Waals surface area contributed by atoms with E-state index in [1.807, 2.05) is 18.2 Å². The predicted octanol–water partition coefficient (Wildman–Crippen LogP) is 3.24. The van der Waals surface area contributed by atoms with Crippen LogP contribution in [-0.2, 0) is 14.8 Å². The normalized spacial score (nSPS) is 19.3. The van der Waals surface area contributed by atoms with Crippen molar-refractivity contribution < 1.29 is 22.7 Å². The number of hydrogen-bond donors (Lipinski definition) is 1. The molecular formula is C21H24N2O5S2. The fourth-order valence-electron chi connectivity index (χ4n) is 3.71. The van der Waals surface area contributed by atoms with Gasteiger partial charge in [-0.2, -0.15) is 4.31 Å². The Bertz CT molecular complexity index is 1020. The highest BCUT2D eigenvalue weighted by molar-refractivity contribution is 7.91. The van der Waals surface area contributed by atoms with Gasteiger partial charge in [0.25, 0.3) is 10.0 Å². The second-order valence-corrected chi connectivity index (χ2v) is 10.3. The van der Waals surface area contributed by atoms with E-state index in [9.17, 15) is 13.2 Å². The van der Waals surface area contributed by atoms with Gasteiger partial charge < -0.3 is 14.8 Å². The van der Waals surface area contributed by atoms with Crippen molar-refractivity contribution in [3.05, 3.63) is 47.4 Å². The van der Waals surface area contributed by atoms with E-state index in [4.69, 9.17) is 9.47 Å². The molecule has 160 valence electrons. The highest BCUT2D eigenvalue weighted by Crippen LogP contribution is 2.33. The fourth-order valence-corrected chi connectivity index (χ4v) is 6.56. The fraction of sp³-hybridized carbons (Fsp3) is 0.381. The molecule has 4 rings (SSSR count). The van der Waals surface area contributed by atoms with Crippen LogP contribution in [0.25, 0.3) is 6.08 Å². The zero-order chi connectivity index (χ0) is 21.0. The molecule has 0 saturated carbocycles. The van der Waals surface area contributed by atoms with Gasteiger partial charge in [-0.1, -0.05) is 18.6 Å². The van der Waals surface area contributed by atoms with E-state index in [0.717, 1.165) is 24.8 Å². The maximum Gasteiger partial charge on any atom is 0.252 e. The molecule has 2 aromatic rings. The SMILES string of the molecule is O=C(C=Cc1ccc2c(c1)OCO2)NCCC1CCCCN1S(=O)(=O)c1cccs1. The van der Waals surface area contributed by atoms with Gasteiger partial charge in [0, 0.05) is 25.2 Å². The number of hydrogen-bond acceptors (Lipinski definition) is 6. The van der Waals surface area contributed by atoms with Crippen molar-refractivity contribution in [2.45, 2.75) is 35.9 Å². The largest absolute Gasteiger partial charge is 0.454 e. The Morgan fingerprint density at radius 3 is 2.93 bits per heavy atom. The first-order valence-corrected chi connectivity index (χ1v) is 12.3. The van der Waals surface area contributed by atoms with Gasteiger partial charge in [0.15, 0.2) is 11.5 Å². The first-order chi connectivity index (χ1) is 14.5. The van der Waals surface area contributed by atoms with Crippen molar-refractivity contribution >= 4 is 33.3 Å². The number of fused-ring (bicyclic) bond motifs is 1. The quantitative estimate of drug-likeness (QED) is 0.658. The summed E-state index contributed by atoms with van der Waals surface area (Å²) in [5.41, 5.74) is 0.842. The predicted molar refractivity (Wildman–Crippen MR) is 115 cm³/mol. The topological polar surface area (TPSA) is 84.9 Å². The number of rotatable bonds is 7. The third-order valence-corrected chi connectivity index (χ3v) is 8.56. The van der Waals surface area contributed by atoms with E-state index in [1.54, 1.807) is 27.9 Å². The summed E-state index contributed by atoms with van der Waals surface area (Å²) in [6, 6.07) is 8.79. The van der Waals surface area contributed by atoms with Crippen LogP contribution in [0.4, 0.5) is 0 Å². The van der Waals surface area contributed by atoms with Crippen LogP contribution in [-0.4, -0.2) is 44.6 Å². The summed E-state index contributed by atoms with van der Waals surface area (Å²) in [6.45, 7) is 1.16. The van der Waals surface area contributed by atoms with E-state index >= 15 is 0 Å². The number of carbonyl (C=O) groups is 1. The van der Waals surface area contributed by atoms with Gasteiger partial charge in [-0.15, -0.1) is 11.3 Å². The second-order valence-electron chi connectivity index (χ2n) is 7.22. The molecule has 1 fully saturated rings. The highest BCUT2D eigenvalue weighted by Gasteiger charge is 2.33. The van der Waals surface area contributed by atoms with Gasteiger partial charge in [0.2, 0.25) is 12.7 Å². The second kappa shape index (κ2) is 9.20. The van der Waals surface area contributed by atoms with Gasteiger partial charge >= 0.3 is 0 Å². The van der Waals surface area contributed by atoms with Crippen molar-refractivity contribution in [1.29, 1.82) is 0 Å². The lowest BCUT2D eigenvalue weighted by atomic mass is 10.0. The molecule has 9 heteroatoms. The average Bonchev–Trinajstić information content (AvgIpc) is 3.44. The first-order valence-electron chi connectivity index (χ1n) is 9.95. The third-order valence-electron chi connectivity index (χ3n) is 5.23.